The van der Waals surface area contributed by atoms with Gasteiger partial charge in [-0.3, -0.25) is 14.5 Å². The number of anilines is 1. The average Bonchev–Trinajstić information content (AvgIpc) is 2.83. The van der Waals surface area contributed by atoms with E-state index in [1.165, 1.54) is 6.21 Å². The minimum Gasteiger partial charge on any atom is -0.507 e. The highest BCUT2D eigenvalue weighted by atomic mass is 16.3. The molecular formula is C19H27N5O4. The van der Waals surface area contributed by atoms with Gasteiger partial charge in [-0.05, 0) is 39.8 Å². The molecule has 9 nitrogen and oxygen atoms in total. The molecule has 0 radical (unpaired) electrons. The number of hydrogen-bond donors (Lipinski definition) is 3. The van der Waals surface area contributed by atoms with Gasteiger partial charge in [0.2, 0.25) is 5.91 Å². The van der Waals surface area contributed by atoms with Crippen LogP contribution in [0.2, 0.25) is 0 Å². The second kappa shape index (κ2) is 8.73. The number of nitrogens with one attached hydrogen (secondary N) is 2. The number of amides is 4. The van der Waals surface area contributed by atoms with E-state index in [4.69, 9.17) is 0 Å². The molecule has 152 valence electrons. The molecule has 28 heavy (non-hydrogen) atoms. The monoisotopic (exact) mass is 389 g/mol. The van der Waals surface area contributed by atoms with Crippen LogP contribution in [0.25, 0.3) is 0 Å². The number of urea groups is 1. The molecule has 2 rings (SSSR count). The number of carbonyl (C=O) groups is 3. The molecule has 1 heterocycles. The number of carbonyl (C=O) groups excluding carboxylic acids is 3. The molecule has 1 aromatic rings. The summed E-state index contributed by atoms with van der Waals surface area (Å²) >= 11 is 0. The summed E-state index contributed by atoms with van der Waals surface area (Å²) in [5.41, 5.74) is 2.74. The Bertz CT molecular complexity index is 787. The lowest BCUT2D eigenvalue weighted by atomic mass is 10.1. The first-order chi connectivity index (χ1) is 13.2. The lowest BCUT2D eigenvalue weighted by Gasteiger charge is -2.21. The molecule has 0 aromatic heterocycles. The summed E-state index contributed by atoms with van der Waals surface area (Å²) in [5, 5.41) is 16.5. The molecule has 0 spiro atoms. The smallest absolute Gasteiger partial charge is 0.325 e. The molecule has 9 heteroatoms. The molecule has 1 saturated heterocycles. The fourth-order valence-corrected chi connectivity index (χ4v) is 2.89. The Labute approximate surface area is 164 Å². The second-order valence-corrected chi connectivity index (χ2v) is 6.97. The van der Waals surface area contributed by atoms with Crippen LogP contribution < -0.4 is 15.6 Å². The highest BCUT2D eigenvalue weighted by molar-refractivity contribution is 6.06. The first-order valence-electron chi connectivity index (χ1n) is 9.23. The Morgan fingerprint density at radius 3 is 2.54 bits per heavy atom. The van der Waals surface area contributed by atoms with Crippen LogP contribution in [-0.4, -0.2) is 59.2 Å². The summed E-state index contributed by atoms with van der Waals surface area (Å²) in [6, 6.07) is 4.73. The van der Waals surface area contributed by atoms with E-state index in [0.717, 1.165) is 23.7 Å². The van der Waals surface area contributed by atoms with E-state index in [-0.39, 0.29) is 24.6 Å². The summed E-state index contributed by atoms with van der Waals surface area (Å²) in [5.74, 6) is -0.753. The first-order valence-corrected chi connectivity index (χ1v) is 9.23. The molecule has 0 saturated carbocycles. The predicted octanol–water partition coefficient (Wildman–Crippen LogP) is 1.41. The van der Waals surface area contributed by atoms with Crippen LogP contribution in [0.3, 0.4) is 0 Å². The zero-order chi connectivity index (χ0) is 20.9. The molecular weight excluding hydrogens is 362 g/mol. The van der Waals surface area contributed by atoms with Gasteiger partial charge < -0.3 is 15.3 Å². The molecule has 1 fully saturated rings. The van der Waals surface area contributed by atoms with Crippen molar-refractivity contribution in [3.63, 3.8) is 0 Å². The summed E-state index contributed by atoms with van der Waals surface area (Å²) in [6.45, 7) is 8.91. The van der Waals surface area contributed by atoms with E-state index in [0.29, 0.717) is 5.56 Å². The van der Waals surface area contributed by atoms with Gasteiger partial charge in [0.25, 0.3) is 5.91 Å². The number of imide groups is 1. The minimum absolute atomic E-state index is 0.0285. The van der Waals surface area contributed by atoms with Gasteiger partial charge in [-0.2, -0.15) is 5.10 Å². The van der Waals surface area contributed by atoms with Crippen molar-refractivity contribution in [2.75, 3.05) is 24.5 Å². The number of benzene rings is 1. The van der Waals surface area contributed by atoms with Crippen LogP contribution in [0, 0.1) is 0 Å². The highest BCUT2D eigenvalue weighted by Crippen LogP contribution is 2.23. The zero-order valence-electron chi connectivity index (χ0n) is 16.7. The van der Waals surface area contributed by atoms with Gasteiger partial charge in [0, 0.05) is 43.4 Å². The van der Waals surface area contributed by atoms with Crippen LogP contribution >= 0.6 is 0 Å². The number of hydrogen-bond acceptors (Lipinski definition) is 6. The number of nitrogens with zero attached hydrogens (tertiary/aromatic N) is 3. The fraction of sp³-hybridized carbons (Fsp3) is 0.474. The summed E-state index contributed by atoms with van der Waals surface area (Å²) in [4.78, 5) is 38.8. The molecule has 3 N–H and O–H groups in total. The predicted molar refractivity (Wildman–Crippen MR) is 106 cm³/mol. The summed E-state index contributed by atoms with van der Waals surface area (Å²) in [7, 11) is 0. The lowest BCUT2D eigenvalue weighted by molar-refractivity contribution is -0.130. The van der Waals surface area contributed by atoms with Crippen molar-refractivity contribution in [3.8, 4) is 5.75 Å². The van der Waals surface area contributed by atoms with Crippen molar-refractivity contribution < 1.29 is 19.5 Å². The van der Waals surface area contributed by atoms with Crippen LogP contribution in [0.15, 0.2) is 23.3 Å². The fourth-order valence-electron chi connectivity index (χ4n) is 2.89. The van der Waals surface area contributed by atoms with Crippen LogP contribution in [0.5, 0.6) is 5.75 Å². The van der Waals surface area contributed by atoms with Crippen molar-refractivity contribution in [2.24, 2.45) is 5.10 Å². The van der Waals surface area contributed by atoms with E-state index < -0.39 is 17.5 Å². The second-order valence-electron chi connectivity index (χ2n) is 6.97. The van der Waals surface area contributed by atoms with E-state index in [1.54, 1.807) is 26.0 Å². The van der Waals surface area contributed by atoms with Crippen LogP contribution in [-0.2, 0) is 9.59 Å². The number of aromatic hydroxyl groups is 1. The topological polar surface area (TPSA) is 114 Å². The van der Waals surface area contributed by atoms with Gasteiger partial charge in [-0.25, -0.2) is 10.2 Å². The van der Waals surface area contributed by atoms with Crippen LogP contribution in [0.1, 0.15) is 39.7 Å². The first kappa shape index (κ1) is 21.2. The summed E-state index contributed by atoms with van der Waals surface area (Å²) < 4.78 is 0. The Balaban J connectivity index is 1.88. The van der Waals surface area contributed by atoms with Crippen molar-refractivity contribution in [3.05, 3.63) is 23.8 Å². The standard InChI is InChI=1S/C19H27N5O4/c1-5-23(6-2)14-8-7-13(15(25)11-14)12-20-22-16(26)9-10-24-17(27)19(3,4)21-18(24)28/h7-8,11-12,25H,5-6,9-10H2,1-4H3,(H,21,28)(H,22,26)/b20-12+. The molecule has 1 aromatic carbocycles. The number of hydrazone groups is 1. The van der Waals surface area contributed by atoms with Gasteiger partial charge in [0.05, 0.1) is 6.21 Å². The Kier molecular flexibility index (Phi) is 6.61. The molecule has 1 aliphatic heterocycles. The number of phenolic OH excluding ortho intramolecular Hbond substituents is 1. The van der Waals surface area contributed by atoms with Crippen LogP contribution in [0.4, 0.5) is 10.5 Å². The SMILES string of the molecule is CCN(CC)c1ccc(/C=N/NC(=O)CCN2C(=O)NC(C)(C)C2=O)c(O)c1. The maximum atomic E-state index is 12.1. The third-order valence-electron chi connectivity index (χ3n) is 4.54. The quantitative estimate of drug-likeness (QED) is 0.353. The Hall–Kier alpha value is -3.10. The van der Waals surface area contributed by atoms with Gasteiger partial charge >= 0.3 is 6.03 Å². The molecule has 0 unspecified atom stereocenters. The Morgan fingerprint density at radius 1 is 1.32 bits per heavy atom. The summed E-state index contributed by atoms with van der Waals surface area (Å²) in [6.07, 6.45) is 1.27. The van der Waals surface area contributed by atoms with E-state index in [1.807, 2.05) is 19.9 Å². The molecule has 1 aliphatic rings. The van der Waals surface area contributed by atoms with Crippen molar-refractivity contribution >= 4 is 29.7 Å². The highest BCUT2D eigenvalue weighted by Gasteiger charge is 2.43. The van der Waals surface area contributed by atoms with E-state index in [2.05, 4.69) is 20.7 Å². The average molecular weight is 389 g/mol. The maximum absolute atomic E-state index is 12.1. The zero-order valence-corrected chi connectivity index (χ0v) is 16.7. The van der Waals surface area contributed by atoms with Crippen molar-refractivity contribution in [1.29, 1.82) is 0 Å². The molecule has 0 aliphatic carbocycles. The van der Waals surface area contributed by atoms with E-state index >= 15 is 0 Å². The lowest BCUT2D eigenvalue weighted by Crippen LogP contribution is -2.40. The van der Waals surface area contributed by atoms with Gasteiger partial charge in [-0.1, -0.05) is 0 Å². The largest absolute Gasteiger partial charge is 0.507 e. The van der Waals surface area contributed by atoms with Crippen molar-refractivity contribution in [1.82, 2.24) is 15.6 Å². The molecule has 0 atom stereocenters. The number of rotatable bonds is 8. The number of phenols is 1. The minimum atomic E-state index is -0.958. The molecule has 0 bridgehead atoms. The third-order valence-corrected chi connectivity index (χ3v) is 4.54. The normalized spacial score (nSPS) is 15.8. The molecule has 4 amide bonds. The Morgan fingerprint density at radius 2 is 2.00 bits per heavy atom. The maximum Gasteiger partial charge on any atom is 0.325 e. The third kappa shape index (κ3) is 4.79. The van der Waals surface area contributed by atoms with E-state index in [9.17, 15) is 19.5 Å². The van der Waals surface area contributed by atoms with Gasteiger partial charge in [0.15, 0.2) is 0 Å². The van der Waals surface area contributed by atoms with Crippen molar-refractivity contribution in [2.45, 2.75) is 39.7 Å². The van der Waals surface area contributed by atoms with Gasteiger partial charge in [0.1, 0.15) is 11.3 Å². The van der Waals surface area contributed by atoms with Gasteiger partial charge in [-0.15, -0.1) is 0 Å².